The van der Waals surface area contributed by atoms with Gasteiger partial charge in [-0.25, -0.2) is 4.98 Å². The molecule has 0 saturated carbocycles. The van der Waals surface area contributed by atoms with Gasteiger partial charge in [0.2, 0.25) is 5.15 Å². The monoisotopic (exact) mass is 390 g/mol. The zero-order valence-corrected chi connectivity index (χ0v) is 15.9. The maximum atomic E-state index is 11.4. The Morgan fingerprint density at radius 1 is 1.30 bits per heavy atom. The summed E-state index contributed by atoms with van der Waals surface area (Å²) in [5.41, 5.74) is 3.36. The smallest absolute Gasteiger partial charge is 0.329 e. The van der Waals surface area contributed by atoms with Gasteiger partial charge in [0, 0.05) is 36.8 Å². The normalized spacial score (nSPS) is 13.2. The van der Waals surface area contributed by atoms with Crippen LogP contribution in [0.3, 0.4) is 0 Å². The van der Waals surface area contributed by atoms with Gasteiger partial charge in [0.15, 0.2) is 0 Å². The van der Waals surface area contributed by atoms with Crippen molar-refractivity contribution in [3.8, 4) is 0 Å². The van der Waals surface area contributed by atoms with Crippen molar-refractivity contribution in [2.24, 2.45) is 0 Å². The van der Waals surface area contributed by atoms with E-state index in [1.165, 1.54) is 5.56 Å². The summed E-state index contributed by atoms with van der Waals surface area (Å²) in [7, 11) is 0. The summed E-state index contributed by atoms with van der Waals surface area (Å²) in [5, 5.41) is 14.6. The molecule has 1 aliphatic rings. The number of halogens is 1. The SMILES string of the molecule is O=[N+]([O-])c1c(Cl)nc2c(c1NCCOCCCc1cccnc1)CCCC2. The third kappa shape index (κ3) is 5.14. The average Bonchev–Trinajstić information content (AvgIpc) is 2.67. The number of aromatic nitrogens is 2. The summed E-state index contributed by atoms with van der Waals surface area (Å²) in [5.74, 6) is 0. The fourth-order valence-electron chi connectivity index (χ4n) is 3.33. The Balaban J connectivity index is 1.51. The molecule has 144 valence electrons. The summed E-state index contributed by atoms with van der Waals surface area (Å²) in [6.07, 6.45) is 9.08. The molecule has 0 fully saturated rings. The van der Waals surface area contributed by atoms with Crippen molar-refractivity contribution >= 4 is 23.0 Å². The molecule has 0 aromatic carbocycles. The van der Waals surface area contributed by atoms with E-state index in [1.807, 2.05) is 18.3 Å². The van der Waals surface area contributed by atoms with E-state index in [4.69, 9.17) is 16.3 Å². The molecule has 7 nitrogen and oxygen atoms in total. The number of anilines is 1. The fourth-order valence-corrected chi connectivity index (χ4v) is 3.60. The molecule has 0 bridgehead atoms. The Morgan fingerprint density at radius 2 is 2.15 bits per heavy atom. The van der Waals surface area contributed by atoms with Crippen molar-refractivity contribution in [1.29, 1.82) is 0 Å². The molecule has 0 radical (unpaired) electrons. The predicted molar refractivity (Wildman–Crippen MR) is 104 cm³/mol. The van der Waals surface area contributed by atoms with Gasteiger partial charge in [-0.15, -0.1) is 0 Å². The Kier molecular flexibility index (Phi) is 6.95. The van der Waals surface area contributed by atoms with Crippen LogP contribution in [0.15, 0.2) is 24.5 Å². The molecule has 1 aliphatic carbocycles. The zero-order chi connectivity index (χ0) is 19.1. The minimum Gasteiger partial charge on any atom is -0.380 e. The highest BCUT2D eigenvalue weighted by molar-refractivity contribution is 6.32. The number of rotatable bonds is 9. The van der Waals surface area contributed by atoms with Gasteiger partial charge in [0.25, 0.3) is 0 Å². The van der Waals surface area contributed by atoms with Crippen LogP contribution < -0.4 is 5.32 Å². The van der Waals surface area contributed by atoms with E-state index < -0.39 is 4.92 Å². The van der Waals surface area contributed by atoms with Crippen LogP contribution in [0.4, 0.5) is 11.4 Å². The van der Waals surface area contributed by atoms with Gasteiger partial charge >= 0.3 is 5.69 Å². The fraction of sp³-hybridized carbons (Fsp3) is 0.474. The van der Waals surface area contributed by atoms with Crippen LogP contribution in [0.1, 0.15) is 36.1 Å². The summed E-state index contributed by atoms with van der Waals surface area (Å²) < 4.78 is 5.65. The molecule has 0 atom stereocenters. The quantitative estimate of drug-likeness (QED) is 0.301. The molecule has 2 heterocycles. The molecule has 0 aliphatic heterocycles. The second kappa shape index (κ2) is 9.62. The predicted octanol–water partition coefficient (Wildman–Crippen LogP) is 3.98. The minimum atomic E-state index is -0.457. The molecular weight excluding hydrogens is 368 g/mol. The lowest BCUT2D eigenvalue weighted by molar-refractivity contribution is -0.384. The Labute approximate surface area is 163 Å². The van der Waals surface area contributed by atoms with Crippen LogP contribution in [-0.2, 0) is 24.0 Å². The number of hydrogen-bond acceptors (Lipinski definition) is 6. The molecule has 8 heteroatoms. The second-order valence-corrected chi connectivity index (χ2v) is 6.88. The number of nitrogens with one attached hydrogen (secondary N) is 1. The first-order chi connectivity index (χ1) is 13.2. The van der Waals surface area contributed by atoms with Crippen molar-refractivity contribution in [1.82, 2.24) is 9.97 Å². The molecule has 3 rings (SSSR count). The van der Waals surface area contributed by atoms with Crippen LogP contribution in [0.5, 0.6) is 0 Å². The lowest BCUT2D eigenvalue weighted by Gasteiger charge is -2.20. The van der Waals surface area contributed by atoms with E-state index >= 15 is 0 Å². The zero-order valence-electron chi connectivity index (χ0n) is 15.1. The summed E-state index contributed by atoms with van der Waals surface area (Å²) in [6.45, 7) is 1.59. The van der Waals surface area contributed by atoms with Crippen LogP contribution in [0.2, 0.25) is 5.15 Å². The Hall–Kier alpha value is -2.25. The number of nitrogens with zero attached hydrogens (tertiary/aromatic N) is 3. The third-order valence-corrected chi connectivity index (χ3v) is 4.88. The van der Waals surface area contributed by atoms with E-state index in [2.05, 4.69) is 15.3 Å². The Bertz CT molecular complexity index is 786. The molecule has 27 heavy (non-hydrogen) atoms. The van der Waals surface area contributed by atoms with Crippen molar-refractivity contribution in [3.05, 3.63) is 56.6 Å². The summed E-state index contributed by atoms with van der Waals surface area (Å²) in [6, 6.07) is 3.97. The maximum Gasteiger partial charge on any atom is 0.329 e. The first-order valence-electron chi connectivity index (χ1n) is 9.23. The first kappa shape index (κ1) is 19.5. The molecule has 0 saturated heterocycles. The topological polar surface area (TPSA) is 90.2 Å². The van der Waals surface area contributed by atoms with Crippen molar-refractivity contribution in [2.75, 3.05) is 25.1 Å². The third-order valence-electron chi connectivity index (χ3n) is 4.61. The highest BCUT2D eigenvalue weighted by Crippen LogP contribution is 2.38. The highest BCUT2D eigenvalue weighted by Gasteiger charge is 2.28. The van der Waals surface area contributed by atoms with Gasteiger partial charge in [0.05, 0.1) is 11.5 Å². The lowest BCUT2D eigenvalue weighted by Crippen LogP contribution is -2.16. The van der Waals surface area contributed by atoms with Crippen molar-refractivity contribution in [3.63, 3.8) is 0 Å². The van der Waals surface area contributed by atoms with E-state index in [1.54, 1.807) is 6.20 Å². The number of fused-ring (bicyclic) bond motifs is 1. The van der Waals surface area contributed by atoms with E-state index in [0.717, 1.165) is 49.8 Å². The number of pyridine rings is 2. The van der Waals surface area contributed by atoms with Crippen LogP contribution in [-0.4, -0.2) is 34.6 Å². The van der Waals surface area contributed by atoms with Gasteiger partial charge in [0.1, 0.15) is 5.69 Å². The van der Waals surface area contributed by atoms with E-state index in [9.17, 15) is 10.1 Å². The van der Waals surface area contributed by atoms with Gasteiger partial charge in [-0.05, 0) is 50.2 Å². The van der Waals surface area contributed by atoms with Crippen LogP contribution in [0, 0.1) is 10.1 Å². The number of ether oxygens (including phenoxy) is 1. The van der Waals surface area contributed by atoms with E-state index in [-0.39, 0.29) is 10.8 Å². The molecule has 2 aromatic heterocycles. The summed E-state index contributed by atoms with van der Waals surface area (Å²) in [4.78, 5) is 19.3. The van der Waals surface area contributed by atoms with Crippen molar-refractivity contribution < 1.29 is 9.66 Å². The molecule has 2 aromatic rings. The van der Waals surface area contributed by atoms with Gasteiger partial charge < -0.3 is 10.1 Å². The summed E-state index contributed by atoms with van der Waals surface area (Å²) >= 11 is 6.07. The van der Waals surface area contributed by atoms with Crippen LogP contribution in [0.25, 0.3) is 0 Å². The number of nitro groups is 1. The second-order valence-electron chi connectivity index (χ2n) is 6.52. The number of aryl methyl sites for hydroxylation is 2. The molecular formula is C19H23ClN4O3. The standard InChI is InChI=1S/C19H23ClN4O3/c20-19-18(24(25)26)17(15-7-1-2-8-16(15)23-19)22-10-12-27-11-4-6-14-5-3-9-21-13-14/h3,5,9,13H,1-2,4,6-8,10-12H2,(H,22,23). The molecule has 0 unspecified atom stereocenters. The largest absolute Gasteiger partial charge is 0.380 e. The van der Waals surface area contributed by atoms with Crippen molar-refractivity contribution in [2.45, 2.75) is 38.5 Å². The van der Waals surface area contributed by atoms with Gasteiger partial charge in [-0.1, -0.05) is 17.7 Å². The van der Waals surface area contributed by atoms with Gasteiger partial charge in [-0.3, -0.25) is 15.1 Å². The molecule has 0 spiro atoms. The van der Waals surface area contributed by atoms with Gasteiger partial charge in [-0.2, -0.15) is 0 Å². The van der Waals surface area contributed by atoms with Crippen LogP contribution >= 0.6 is 11.6 Å². The average molecular weight is 391 g/mol. The Morgan fingerprint density at radius 3 is 2.93 bits per heavy atom. The maximum absolute atomic E-state index is 11.4. The molecule has 0 amide bonds. The minimum absolute atomic E-state index is 0.0412. The highest BCUT2D eigenvalue weighted by atomic mass is 35.5. The first-order valence-corrected chi connectivity index (χ1v) is 9.60. The molecule has 1 N–H and O–H groups in total. The lowest BCUT2D eigenvalue weighted by atomic mass is 9.94. The number of hydrogen-bond donors (Lipinski definition) is 1. The van der Waals surface area contributed by atoms with E-state index in [0.29, 0.717) is 25.4 Å².